The standard InChI is InChI=1S/C30H20N2O3/c1-18-10-12-19(13-11-18)27(33)17-35-30(34)20-14-15-25-26(16-20)32-29-24-9-5-3-7-22(24)21-6-2-4-8-23(21)28(29)31-25/h2-16H,17H2,1H3. The molecule has 0 amide bonds. The first-order valence-corrected chi connectivity index (χ1v) is 11.4. The fourth-order valence-corrected chi connectivity index (χ4v) is 4.44. The number of nitrogens with zero attached hydrogens (tertiary/aromatic N) is 2. The van der Waals surface area contributed by atoms with Crippen LogP contribution in [0.4, 0.5) is 0 Å². The summed E-state index contributed by atoms with van der Waals surface area (Å²) < 4.78 is 5.30. The Labute approximate surface area is 201 Å². The van der Waals surface area contributed by atoms with Gasteiger partial charge in [0.1, 0.15) is 0 Å². The maximum Gasteiger partial charge on any atom is 0.338 e. The van der Waals surface area contributed by atoms with Gasteiger partial charge in [0.2, 0.25) is 0 Å². The molecule has 1 heterocycles. The third kappa shape index (κ3) is 3.67. The maximum absolute atomic E-state index is 12.7. The van der Waals surface area contributed by atoms with E-state index in [0.29, 0.717) is 22.2 Å². The number of fused-ring (bicyclic) bond motifs is 7. The van der Waals surface area contributed by atoms with Crippen LogP contribution in [-0.4, -0.2) is 28.3 Å². The van der Waals surface area contributed by atoms with Crippen molar-refractivity contribution < 1.29 is 14.3 Å². The summed E-state index contributed by atoms with van der Waals surface area (Å²) in [6.07, 6.45) is 0. The van der Waals surface area contributed by atoms with E-state index in [4.69, 9.17) is 14.7 Å². The predicted octanol–water partition coefficient (Wildman–Crippen LogP) is 6.44. The average Bonchev–Trinajstić information content (AvgIpc) is 2.91. The second-order valence-corrected chi connectivity index (χ2v) is 8.58. The summed E-state index contributed by atoms with van der Waals surface area (Å²) in [5, 5.41) is 4.28. The van der Waals surface area contributed by atoms with Crippen LogP contribution in [0.25, 0.3) is 43.6 Å². The van der Waals surface area contributed by atoms with Gasteiger partial charge in [-0.05, 0) is 35.9 Å². The van der Waals surface area contributed by atoms with E-state index in [1.807, 2.05) is 49.4 Å². The zero-order valence-corrected chi connectivity index (χ0v) is 19.0. The third-order valence-corrected chi connectivity index (χ3v) is 6.26. The van der Waals surface area contributed by atoms with Gasteiger partial charge in [-0.3, -0.25) is 4.79 Å². The SMILES string of the molecule is Cc1ccc(C(=O)COC(=O)c2ccc3nc4c5ccccc5c5ccccc5c4nc3c2)cc1. The van der Waals surface area contributed by atoms with E-state index < -0.39 is 5.97 Å². The Balaban J connectivity index is 1.38. The van der Waals surface area contributed by atoms with Crippen molar-refractivity contribution in [2.45, 2.75) is 6.92 Å². The van der Waals surface area contributed by atoms with Gasteiger partial charge in [0.25, 0.3) is 0 Å². The Morgan fingerprint density at radius 3 is 1.83 bits per heavy atom. The van der Waals surface area contributed by atoms with Gasteiger partial charge in [0.15, 0.2) is 12.4 Å². The molecule has 5 heteroatoms. The fraction of sp³-hybridized carbons (Fsp3) is 0.0667. The van der Waals surface area contributed by atoms with Crippen molar-refractivity contribution in [2.24, 2.45) is 0 Å². The van der Waals surface area contributed by atoms with Crippen LogP contribution in [0.5, 0.6) is 0 Å². The molecule has 0 unspecified atom stereocenters. The van der Waals surface area contributed by atoms with Crippen molar-refractivity contribution in [2.75, 3.05) is 6.61 Å². The number of carbonyl (C=O) groups is 2. The molecule has 6 rings (SSSR count). The number of esters is 1. The van der Waals surface area contributed by atoms with Crippen LogP contribution in [0.15, 0.2) is 91.0 Å². The minimum Gasteiger partial charge on any atom is -0.454 e. The summed E-state index contributed by atoms with van der Waals surface area (Å²) in [7, 11) is 0. The third-order valence-electron chi connectivity index (χ3n) is 6.26. The van der Waals surface area contributed by atoms with Crippen molar-refractivity contribution in [3.8, 4) is 0 Å². The number of aromatic nitrogens is 2. The molecule has 0 aliphatic rings. The summed E-state index contributed by atoms with van der Waals surface area (Å²) in [6.45, 7) is 1.63. The molecule has 0 atom stereocenters. The second-order valence-electron chi connectivity index (χ2n) is 8.58. The number of hydrogen-bond acceptors (Lipinski definition) is 5. The Morgan fingerprint density at radius 1 is 0.657 bits per heavy atom. The number of hydrogen-bond donors (Lipinski definition) is 0. The molecule has 35 heavy (non-hydrogen) atoms. The highest BCUT2D eigenvalue weighted by atomic mass is 16.5. The first kappa shape index (κ1) is 20.9. The molecular weight excluding hydrogens is 436 g/mol. The lowest BCUT2D eigenvalue weighted by atomic mass is 9.99. The molecule has 0 N–H and O–H groups in total. The van der Waals surface area contributed by atoms with Crippen LogP contribution in [0.1, 0.15) is 26.3 Å². The van der Waals surface area contributed by atoms with Crippen molar-refractivity contribution >= 4 is 55.4 Å². The normalized spacial score (nSPS) is 11.3. The van der Waals surface area contributed by atoms with Gasteiger partial charge in [-0.1, -0.05) is 78.4 Å². The molecule has 168 valence electrons. The van der Waals surface area contributed by atoms with Gasteiger partial charge in [-0.15, -0.1) is 0 Å². The van der Waals surface area contributed by atoms with E-state index in [2.05, 4.69) is 18.2 Å². The average molecular weight is 457 g/mol. The van der Waals surface area contributed by atoms with Gasteiger partial charge in [-0.25, -0.2) is 14.8 Å². The molecule has 6 aromatic rings. The lowest BCUT2D eigenvalue weighted by Crippen LogP contribution is -2.14. The van der Waals surface area contributed by atoms with Crippen molar-refractivity contribution in [1.82, 2.24) is 9.97 Å². The molecule has 0 aliphatic carbocycles. The van der Waals surface area contributed by atoms with Crippen LogP contribution >= 0.6 is 0 Å². The quantitative estimate of drug-likeness (QED) is 0.132. The van der Waals surface area contributed by atoms with Gasteiger partial charge in [0, 0.05) is 16.3 Å². The zero-order chi connectivity index (χ0) is 23.9. The number of ketones is 1. The number of rotatable bonds is 4. The van der Waals surface area contributed by atoms with Gasteiger partial charge >= 0.3 is 5.97 Å². The Bertz CT molecular complexity index is 1790. The molecule has 5 nitrogen and oxygen atoms in total. The topological polar surface area (TPSA) is 69.2 Å². The van der Waals surface area contributed by atoms with Crippen LogP contribution in [0.2, 0.25) is 0 Å². The van der Waals surface area contributed by atoms with Crippen LogP contribution in [0, 0.1) is 6.92 Å². The summed E-state index contributed by atoms with van der Waals surface area (Å²) in [5.41, 5.74) is 4.79. The summed E-state index contributed by atoms with van der Waals surface area (Å²) >= 11 is 0. The molecule has 0 fully saturated rings. The fourth-order valence-electron chi connectivity index (χ4n) is 4.44. The Kier molecular flexibility index (Phi) is 4.96. The summed E-state index contributed by atoms with van der Waals surface area (Å²) in [6, 6.07) is 28.6. The van der Waals surface area contributed by atoms with E-state index in [-0.39, 0.29) is 12.4 Å². The van der Waals surface area contributed by atoms with Gasteiger partial charge < -0.3 is 4.74 Å². The van der Waals surface area contributed by atoms with Crippen molar-refractivity contribution in [3.63, 3.8) is 0 Å². The highest BCUT2D eigenvalue weighted by Gasteiger charge is 2.15. The molecule has 0 spiro atoms. The monoisotopic (exact) mass is 456 g/mol. The van der Waals surface area contributed by atoms with Crippen molar-refractivity contribution in [3.05, 3.63) is 108 Å². The molecule has 0 saturated heterocycles. The lowest BCUT2D eigenvalue weighted by Gasteiger charge is -2.10. The first-order valence-electron chi connectivity index (χ1n) is 11.4. The van der Waals surface area contributed by atoms with E-state index in [9.17, 15) is 9.59 Å². The molecule has 0 radical (unpaired) electrons. The maximum atomic E-state index is 12.7. The van der Waals surface area contributed by atoms with Crippen LogP contribution in [-0.2, 0) is 4.74 Å². The predicted molar refractivity (Wildman–Crippen MR) is 138 cm³/mol. The Hall–Kier alpha value is -4.64. The van der Waals surface area contributed by atoms with Crippen molar-refractivity contribution in [1.29, 1.82) is 0 Å². The highest BCUT2D eigenvalue weighted by Crippen LogP contribution is 2.34. The number of ether oxygens (including phenoxy) is 1. The van der Waals surface area contributed by atoms with Gasteiger partial charge in [0.05, 0.1) is 27.6 Å². The Morgan fingerprint density at radius 2 is 1.20 bits per heavy atom. The smallest absolute Gasteiger partial charge is 0.338 e. The first-order chi connectivity index (χ1) is 17.1. The highest BCUT2D eigenvalue weighted by molar-refractivity contribution is 6.23. The second kappa shape index (κ2) is 8.29. The van der Waals surface area contributed by atoms with E-state index in [0.717, 1.165) is 38.1 Å². The number of benzene rings is 5. The lowest BCUT2D eigenvalue weighted by molar-refractivity contribution is 0.0475. The molecule has 0 aliphatic heterocycles. The number of aryl methyl sites for hydroxylation is 1. The number of Topliss-reactive ketones (excluding diaryl/α,β-unsaturated/α-hetero) is 1. The molecule has 5 aromatic carbocycles. The molecule has 0 saturated carbocycles. The summed E-state index contributed by atoms with van der Waals surface area (Å²) in [5.74, 6) is -0.819. The van der Waals surface area contributed by atoms with Crippen LogP contribution < -0.4 is 0 Å². The largest absolute Gasteiger partial charge is 0.454 e. The van der Waals surface area contributed by atoms with Gasteiger partial charge in [-0.2, -0.15) is 0 Å². The molecule has 0 bridgehead atoms. The number of carbonyl (C=O) groups excluding carboxylic acids is 2. The van der Waals surface area contributed by atoms with E-state index in [1.165, 1.54) is 0 Å². The molecular formula is C30H20N2O3. The molecule has 1 aromatic heterocycles. The summed E-state index contributed by atoms with van der Waals surface area (Å²) in [4.78, 5) is 34.9. The van der Waals surface area contributed by atoms with E-state index >= 15 is 0 Å². The van der Waals surface area contributed by atoms with E-state index in [1.54, 1.807) is 30.3 Å². The zero-order valence-electron chi connectivity index (χ0n) is 19.0. The minimum absolute atomic E-state index is 0.247. The minimum atomic E-state index is -0.572. The van der Waals surface area contributed by atoms with Crippen LogP contribution in [0.3, 0.4) is 0 Å².